The maximum atomic E-state index is 12.6. The van der Waals surface area contributed by atoms with Crippen molar-refractivity contribution in [3.05, 3.63) is 29.8 Å². The third-order valence-corrected chi connectivity index (χ3v) is 4.67. The zero-order chi connectivity index (χ0) is 16.2. The Kier molecular flexibility index (Phi) is 4.96. The van der Waals surface area contributed by atoms with Crippen LogP contribution >= 0.6 is 0 Å². The number of carbonyl (C=O) groups is 2. The first kappa shape index (κ1) is 16.0. The van der Waals surface area contributed by atoms with Crippen molar-refractivity contribution in [2.75, 3.05) is 37.7 Å². The molecule has 1 unspecified atom stereocenters. The molecule has 1 aromatic rings. The van der Waals surface area contributed by atoms with E-state index in [1.165, 1.54) is 5.56 Å². The standard InChI is InChI=1S/C18H24N2O3/c1-2-23-18(22)15-7-5-10-19(12-15)13-17(21)20-11-9-14-6-3-4-8-16(14)20/h3-4,6,8,15H,2,5,7,9-13H2,1H3. The Morgan fingerprint density at radius 3 is 2.91 bits per heavy atom. The van der Waals surface area contributed by atoms with Crippen LogP contribution in [0.2, 0.25) is 0 Å². The molecule has 1 amide bonds. The fourth-order valence-electron chi connectivity index (χ4n) is 3.53. The summed E-state index contributed by atoms with van der Waals surface area (Å²) in [5.74, 6) is -0.0991. The van der Waals surface area contributed by atoms with Gasteiger partial charge in [0.05, 0.1) is 19.1 Å². The summed E-state index contributed by atoms with van der Waals surface area (Å²) < 4.78 is 5.12. The fraction of sp³-hybridized carbons (Fsp3) is 0.556. The van der Waals surface area contributed by atoms with Gasteiger partial charge in [0, 0.05) is 18.8 Å². The molecule has 5 heteroatoms. The Hall–Kier alpha value is -1.88. The van der Waals surface area contributed by atoms with E-state index in [0.717, 1.165) is 38.0 Å². The minimum Gasteiger partial charge on any atom is -0.466 e. The number of amides is 1. The molecule has 2 aliphatic heterocycles. The summed E-state index contributed by atoms with van der Waals surface area (Å²) in [6.07, 6.45) is 2.72. The second kappa shape index (κ2) is 7.13. The van der Waals surface area contributed by atoms with Crippen LogP contribution in [-0.2, 0) is 20.7 Å². The lowest BCUT2D eigenvalue weighted by Crippen LogP contribution is -2.45. The van der Waals surface area contributed by atoms with E-state index in [1.807, 2.05) is 30.0 Å². The summed E-state index contributed by atoms with van der Waals surface area (Å²) in [6.45, 7) is 4.88. The van der Waals surface area contributed by atoms with E-state index in [1.54, 1.807) is 0 Å². The van der Waals surface area contributed by atoms with Gasteiger partial charge in [0.15, 0.2) is 0 Å². The van der Waals surface area contributed by atoms with Crippen molar-refractivity contribution in [2.24, 2.45) is 5.92 Å². The van der Waals surface area contributed by atoms with Gasteiger partial charge < -0.3 is 9.64 Å². The molecular weight excluding hydrogens is 292 g/mol. The second-order valence-corrected chi connectivity index (χ2v) is 6.25. The van der Waals surface area contributed by atoms with Gasteiger partial charge in [0.25, 0.3) is 0 Å². The van der Waals surface area contributed by atoms with Crippen molar-refractivity contribution in [3.63, 3.8) is 0 Å². The van der Waals surface area contributed by atoms with Gasteiger partial charge in [-0.2, -0.15) is 0 Å². The minimum atomic E-state index is -0.129. The van der Waals surface area contributed by atoms with Gasteiger partial charge >= 0.3 is 5.97 Å². The number of anilines is 1. The van der Waals surface area contributed by atoms with Gasteiger partial charge in [-0.3, -0.25) is 14.5 Å². The molecule has 2 aliphatic rings. The zero-order valence-electron chi connectivity index (χ0n) is 13.7. The fourth-order valence-corrected chi connectivity index (χ4v) is 3.53. The average molecular weight is 316 g/mol. The first-order chi connectivity index (χ1) is 11.2. The van der Waals surface area contributed by atoms with Crippen molar-refractivity contribution >= 4 is 17.6 Å². The highest BCUT2D eigenvalue weighted by Crippen LogP contribution is 2.28. The number of fused-ring (bicyclic) bond motifs is 1. The van der Waals surface area contributed by atoms with Crippen molar-refractivity contribution < 1.29 is 14.3 Å². The molecule has 1 saturated heterocycles. The van der Waals surface area contributed by atoms with E-state index >= 15 is 0 Å². The predicted octanol–water partition coefficient (Wildman–Crippen LogP) is 1.85. The number of hydrogen-bond donors (Lipinski definition) is 0. The van der Waals surface area contributed by atoms with E-state index in [2.05, 4.69) is 11.0 Å². The first-order valence-corrected chi connectivity index (χ1v) is 8.46. The van der Waals surface area contributed by atoms with Crippen LogP contribution in [0.1, 0.15) is 25.3 Å². The molecule has 0 saturated carbocycles. The lowest BCUT2D eigenvalue weighted by Gasteiger charge is -2.32. The van der Waals surface area contributed by atoms with E-state index in [4.69, 9.17) is 4.74 Å². The molecule has 0 aromatic heterocycles. The maximum absolute atomic E-state index is 12.6. The average Bonchev–Trinajstić information content (AvgIpc) is 2.99. The molecular formula is C18H24N2O3. The highest BCUT2D eigenvalue weighted by molar-refractivity contribution is 5.96. The first-order valence-electron chi connectivity index (χ1n) is 8.46. The molecule has 1 atom stereocenters. The normalized spacial score (nSPS) is 21.1. The quantitative estimate of drug-likeness (QED) is 0.796. The molecule has 23 heavy (non-hydrogen) atoms. The Morgan fingerprint density at radius 2 is 2.09 bits per heavy atom. The number of hydrogen-bond acceptors (Lipinski definition) is 4. The lowest BCUT2D eigenvalue weighted by atomic mass is 9.98. The summed E-state index contributed by atoms with van der Waals surface area (Å²) in [4.78, 5) is 28.5. The van der Waals surface area contributed by atoms with Gasteiger partial charge in [-0.25, -0.2) is 0 Å². The van der Waals surface area contributed by atoms with Gasteiger partial charge in [-0.15, -0.1) is 0 Å². The van der Waals surface area contributed by atoms with Crippen molar-refractivity contribution in [3.8, 4) is 0 Å². The van der Waals surface area contributed by atoms with E-state index in [9.17, 15) is 9.59 Å². The third-order valence-electron chi connectivity index (χ3n) is 4.67. The number of piperidine rings is 1. The molecule has 0 radical (unpaired) electrons. The largest absolute Gasteiger partial charge is 0.466 e. The molecule has 1 aromatic carbocycles. The Morgan fingerprint density at radius 1 is 1.26 bits per heavy atom. The Labute approximate surface area is 137 Å². The van der Waals surface area contributed by atoms with Crippen LogP contribution in [-0.4, -0.2) is 49.6 Å². The molecule has 1 fully saturated rings. The Balaban J connectivity index is 1.59. The van der Waals surface area contributed by atoms with Crippen LogP contribution in [0.15, 0.2) is 24.3 Å². The molecule has 3 rings (SSSR count). The zero-order valence-corrected chi connectivity index (χ0v) is 13.7. The van der Waals surface area contributed by atoms with Crippen LogP contribution < -0.4 is 4.90 Å². The van der Waals surface area contributed by atoms with Crippen molar-refractivity contribution in [2.45, 2.75) is 26.2 Å². The maximum Gasteiger partial charge on any atom is 0.310 e. The highest BCUT2D eigenvalue weighted by atomic mass is 16.5. The monoisotopic (exact) mass is 316 g/mol. The summed E-state index contributed by atoms with van der Waals surface area (Å²) in [5.41, 5.74) is 2.28. The molecule has 2 heterocycles. The van der Waals surface area contributed by atoms with Crippen molar-refractivity contribution in [1.29, 1.82) is 0 Å². The SMILES string of the molecule is CCOC(=O)C1CCCN(CC(=O)N2CCc3ccccc32)C1. The Bertz CT molecular complexity index is 587. The third kappa shape index (κ3) is 3.55. The number of carbonyl (C=O) groups excluding carboxylic acids is 2. The van der Waals surface area contributed by atoms with E-state index in [0.29, 0.717) is 19.7 Å². The molecule has 0 aliphatic carbocycles. The lowest BCUT2D eigenvalue weighted by molar-refractivity contribution is -0.150. The molecule has 124 valence electrons. The van der Waals surface area contributed by atoms with E-state index < -0.39 is 0 Å². The van der Waals surface area contributed by atoms with Gasteiger partial charge in [0.2, 0.25) is 5.91 Å². The smallest absolute Gasteiger partial charge is 0.310 e. The van der Waals surface area contributed by atoms with Crippen LogP contribution in [0.5, 0.6) is 0 Å². The van der Waals surface area contributed by atoms with Gasteiger partial charge in [-0.05, 0) is 44.4 Å². The second-order valence-electron chi connectivity index (χ2n) is 6.25. The summed E-state index contributed by atoms with van der Waals surface area (Å²) in [7, 11) is 0. The summed E-state index contributed by atoms with van der Waals surface area (Å²) in [6, 6.07) is 8.08. The van der Waals surface area contributed by atoms with Crippen molar-refractivity contribution in [1.82, 2.24) is 4.90 Å². The van der Waals surface area contributed by atoms with E-state index in [-0.39, 0.29) is 17.8 Å². The number of nitrogens with zero attached hydrogens (tertiary/aromatic N) is 2. The number of likely N-dealkylation sites (tertiary alicyclic amines) is 1. The number of esters is 1. The molecule has 0 bridgehead atoms. The summed E-state index contributed by atoms with van der Waals surface area (Å²) in [5, 5.41) is 0. The number of rotatable bonds is 4. The molecule has 5 nitrogen and oxygen atoms in total. The topological polar surface area (TPSA) is 49.9 Å². The summed E-state index contributed by atoms with van der Waals surface area (Å²) >= 11 is 0. The van der Waals surface area contributed by atoms with Crippen LogP contribution in [0.25, 0.3) is 0 Å². The van der Waals surface area contributed by atoms with Gasteiger partial charge in [-0.1, -0.05) is 18.2 Å². The van der Waals surface area contributed by atoms with Crippen LogP contribution in [0.3, 0.4) is 0 Å². The minimum absolute atomic E-state index is 0.0950. The van der Waals surface area contributed by atoms with Crippen LogP contribution in [0, 0.1) is 5.92 Å². The molecule has 0 spiro atoms. The number of para-hydroxylation sites is 1. The van der Waals surface area contributed by atoms with Crippen LogP contribution in [0.4, 0.5) is 5.69 Å². The number of ether oxygens (including phenoxy) is 1. The number of benzene rings is 1. The highest BCUT2D eigenvalue weighted by Gasteiger charge is 2.30. The van der Waals surface area contributed by atoms with Gasteiger partial charge in [0.1, 0.15) is 0 Å². The molecule has 0 N–H and O–H groups in total. The predicted molar refractivity (Wildman–Crippen MR) is 88.3 cm³/mol.